The number of carbonyl (C=O) groups is 2. The van der Waals surface area contributed by atoms with Gasteiger partial charge in [0.2, 0.25) is 0 Å². The third kappa shape index (κ3) is 5.87. The first-order valence-corrected chi connectivity index (χ1v) is 9.98. The monoisotopic (exact) mass is 504 g/mol. The maximum absolute atomic E-state index is 13.8. The van der Waals surface area contributed by atoms with Gasteiger partial charge in [0.15, 0.2) is 10.1 Å². The van der Waals surface area contributed by atoms with Crippen LogP contribution >= 0.6 is 0 Å². The Kier molecular flexibility index (Phi) is 8.66. The number of alkyl halides is 7. The van der Waals surface area contributed by atoms with Gasteiger partial charge in [-0.05, 0) is 6.42 Å². The predicted molar refractivity (Wildman–Crippen MR) is 87.3 cm³/mol. The second kappa shape index (κ2) is 9.88. The van der Waals surface area contributed by atoms with E-state index in [-0.39, 0.29) is 32.4 Å². The normalized spacial score (nSPS) is 18.1. The highest BCUT2D eigenvalue weighted by atomic mass is 32.2. The summed E-state index contributed by atoms with van der Waals surface area (Å²) in [7, 11) is -6.80. The molecule has 1 aliphatic rings. The number of carbonyl (C=O) groups excluding carboxylic acids is 2. The Morgan fingerprint density at radius 1 is 1.09 bits per heavy atom. The minimum atomic E-state index is -6.80. The van der Waals surface area contributed by atoms with Crippen molar-refractivity contribution in [2.45, 2.75) is 36.0 Å². The molecular weight excluding hydrogens is 487 g/mol. The highest BCUT2D eigenvalue weighted by molar-refractivity contribution is 7.86. The van der Waals surface area contributed by atoms with Gasteiger partial charge in [0, 0.05) is 25.6 Å². The summed E-state index contributed by atoms with van der Waals surface area (Å²) in [5.41, 5.74) is 0. The molecule has 1 saturated heterocycles. The van der Waals surface area contributed by atoms with Crippen LogP contribution in [-0.2, 0) is 33.9 Å². The van der Waals surface area contributed by atoms with E-state index in [0.717, 1.165) is 0 Å². The Morgan fingerprint density at radius 2 is 1.62 bits per heavy atom. The van der Waals surface area contributed by atoms with Crippen molar-refractivity contribution in [3.05, 3.63) is 12.7 Å². The van der Waals surface area contributed by atoms with Crippen molar-refractivity contribution in [1.82, 2.24) is 4.90 Å². The number of amides is 1. The number of hydrogen-bond donors (Lipinski definition) is 0. The van der Waals surface area contributed by atoms with Gasteiger partial charge >= 0.3 is 35.0 Å². The van der Waals surface area contributed by atoms with Crippen LogP contribution < -0.4 is 0 Å². The number of halogens is 7. The van der Waals surface area contributed by atoms with Crippen molar-refractivity contribution < 1.29 is 67.5 Å². The van der Waals surface area contributed by atoms with Crippen molar-refractivity contribution >= 4 is 22.0 Å². The molecule has 0 aliphatic carbocycles. The number of morpholine rings is 1. The van der Waals surface area contributed by atoms with Crippen LogP contribution in [0.15, 0.2) is 12.7 Å². The van der Waals surface area contributed by atoms with Crippen molar-refractivity contribution in [2.24, 2.45) is 0 Å². The SMILES string of the molecule is C=CC(=O)OC(OCCCC(F)(F)C(F)(F)S(=O)(=O)[O-])(C(=O)N1CCOCC1)C(F)(F)F. The lowest BCUT2D eigenvalue weighted by atomic mass is 10.1. The molecule has 1 amide bonds. The van der Waals surface area contributed by atoms with Gasteiger partial charge in [0.05, 0.1) is 19.8 Å². The molecule has 0 saturated carbocycles. The first-order chi connectivity index (χ1) is 14.4. The average molecular weight is 504 g/mol. The molecule has 0 N–H and O–H groups in total. The maximum Gasteiger partial charge on any atom is 0.466 e. The molecule has 0 spiro atoms. The van der Waals surface area contributed by atoms with E-state index in [1.807, 2.05) is 0 Å². The molecular formula is C15H17F7NO8S-. The van der Waals surface area contributed by atoms with E-state index in [2.05, 4.69) is 16.1 Å². The smallest absolute Gasteiger partial charge is 0.466 e. The standard InChI is InChI=1S/C15H18F7NO8S/c1-2-10(24)31-13(14(18,19)20,11(25)23-5-8-29-9-6-23)30-7-3-4-12(16,17)15(21,22)32(26,27)28/h2H,1,3-9H2,(H,26,27,28)/p-1. The first kappa shape index (κ1) is 28.1. The van der Waals surface area contributed by atoms with Crippen LogP contribution in [-0.4, -0.2) is 85.8 Å². The zero-order valence-corrected chi connectivity index (χ0v) is 16.8. The number of hydrogen-bond acceptors (Lipinski definition) is 8. The summed E-state index contributed by atoms with van der Waals surface area (Å²) in [4.78, 5) is 24.5. The van der Waals surface area contributed by atoms with Gasteiger partial charge in [-0.25, -0.2) is 13.2 Å². The Bertz CT molecular complexity index is 811. The van der Waals surface area contributed by atoms with E-state index in [0.29, 0.717) is 4.90 Å². The molecule has 186 valence electrons. The average Bonchev–Trinajstić information content (AvgIpc) is 2.68. The Hall–Kier alpha value is -1.98. The summed E-state index contributed by atoms with van der Waals surface area (Å²) in [6.45, 7) is 0.227. The van der Waals surface area contributed by atoms with Gasteiger partial charge < -0.3 is 23.7 Å². The highest BCUT2D eigenvalue weighted by Crippen LogP contribution is 2.42. The Morgan fingerprint density at radius 3 is 2.06 bits per heavy atom. The number of esters is 1. The summed E-state index contributed by atoms with van der Waals surface area (Å²) in [6, 6.07) is 0. The summed E-state index contributed by atoms with van der Waals surface area (Å²) in [6.07, 6.45) is -9.01. The molecule has 9 nitrogen and oxygen atoms in total. The molecule has 1 heterocycles. The van der Waals surface area contributed by atoms with E-state index in [1.54, 1.807) is 0 Å². The molecule has 0 aromatic heterocycles. The molecule has 32 heavy (non-hydrogen) atoms. The molecule has 1 fully saturated rings. The lowest BCUT2D eigenvalue weighted by Gasteiger charge is -2.38. The first-order valence-electron chi connectivity index (χ1n) is 8.57. The molecule has 1 aliphatic heterocycles. The second-order valence-electron chi connectivity index (χ2n) is 6.27. The lowest BCUT2D eigenvalue weighted by Crippen LogP contribution is -2.63. The number of nitrogens with zero attached hydrogens (tertiary/aromatic N) is 1. The summed E-state index contributed by atoms with van der Waals surface area (Å²) < 4.78 is 139. The van der Waals surface area contributed by atoms with Gasteiger partial charge in [-0.2, -0.15) is 30.7 Å². The topological polar surface area (TPSA) is 122 Å². The van der Waals surface area contributed by atoms with Gasteiger partial charge in [-0.3, -0.25) is 4.79 Å². The highest BCUT2D eigenvalue weighted by Gasteiger charge is 2.67. The zero-order valence-electron chi connectivity index (χ0n) is 16.0. The van der Waals surface area contributed by atoms with Crippen LogP contribution in [0, 0.1) is 0 Å². The third-order valence-corrected chi connectivity index (χ3v) is 4.97. The van der Waals surface area contributed by atoms with Crippen LogP contribution in [0.3, 0.4) is 0 Å². The zero-order chi connectivity index (χ0) is 25.0. The fraction of sp³-hybridized carbons (Fsp3) is 0.733. The molecule has 0 radical (unpaired) electrons. The molecule has 0 bridgehead atoms. The van der Waals surface area contributed by atoms with E-state index in [9.17, 15) is 53.3 Å². The quantitative estimate of drug-likeness (QED) is 0.109. The fourth-order valence-corrected chi connectivity index (χ4v) is 2.86. The molecule has 1 atom stereocenters. The lowest BCUT2D eigenvalue weighted by molar-refractivity contribution is -0.351. The van der Waals surface area contributed by atoms with Gasteiger partial charge in [0.1, 0.15) is 0 Å². The number of rotatable bonds is 10. The van der Waals surface area contributed by atoms with Gasteiger partial charge in [0.25, 0.3) is 0 Å². The van der Waals surface area contributed by atoms with Crippen LogP contribution in [0.2, 0.25) is 0 Å². The van der Waals surface area contributed by atoms with Crippen molar-refractivity contribution in [3.63, 3.8) is 0 Å². The van der Waals surface area contributed by atoms with Crippen molar-refractivity contribution in [3.8, 4) is 0 Å². The van der Waals surface area contributed by atoms with E-state index in [1.165, 1.54) is 0 Å². The molecule has 1 rings (SSSR count). The summed E-state index contributed by atoms with van der Waals surface area (Å²) in [5, 5.41) is -6.06. The second-order valence-corrected chi connectivity index (χ2v) is 7.69. The molecule has 0 aromatic rings. The molecule has 1 unspecified atom stereocenters. The largest absolute Gasteiger partial charge is 0.743 e. The Labute approximate surface area is 176 Å². The van der Waals surface area contributed by atoms with Crippen LogP contribution in [0.25, 0.3) is 0 Å². The third-order valence-electron chi connectivity index (χ3n) is 4.04. The number of ether oxygens (including phenoxy) is 3. The van der Waals surface area contributed by atoms with Crippen LogP contribution in [0.4, 0.5) is 30.7 Å². The van der Waals surface area contributed by atoms with Gasteiger partial charge in [-0.1, -0.05) is 6.58 Å². The summed E-state index contributed by atoms with van der Waals surface area (Å²) >= 11 is 0. The summed E-state index contributed by atoms with van der Waals surface area (Å²) in [5.74, 6) is -13.5. The van der Waals surface area contributed by atoms with E-state index in [4.69, 9.17) is 4.74 Å². The predicted octanol–water partition coefficient (Wildman–Crippen LogP) is 1.40. The van der Waals surface area contributed by atoms with E-state index < -0.39 is 64.6 Å². The van der Waals surface area contributed by atoms with E-state index >= 15 is 0 Å². The molecule has 0 aromatic carbocycles. The van der Waals surface area contributed by atoms with Crippen molar-refractivity contribution in [2.75, 3.05) is 32.9 Å². The minimum Gasteiger partial charge on any atom is -0.743 e. The fourth-order valence-electron chi connectivity index (χ4n) is 2.39. The molecule has 17 heteroatoms. The Balaban J connectivity index is 3.12. The van der Waals surface area contributed by atoms with Gasteiger partial charge in [-0.15, -0.1) is 0 Å². The maximum atomic E-state index is 13.8. The minimum absolute atomic E-state index is 0.180. The van der Waals surface area contributed by atoms with Crippen molar-refractivity contribution in [1.29, 1.82) is 0 Å². The van der Waals surface area contributed by atoms with Crippen LogP contribution in [0.1, 0.15) is 12.8 Å². The van der Waals surface area contributed by atoms with Crippen LogP contribution in [0.5, 0.6) is 0 Å².